The van der Waals surface area contributed by atoms with Crippen molar-refractivity contribution >= 4 is 17.7 Å². The molecule has 152 valence electrons. The maximum Gasteiger partial charge on any atom is 0.235 e. The monoisotopic (exact) mass is 402 g/mol. The second-order valence-corrected chi connectivity index (χ2v) is 9.07. The van der Waals surface area contributed by atoms with Crippen molar-refractivity contribution in [2.75, 3.05) is 26.8 Å². The van der Waals surface area contributed by atoms with E-state index < -0.39 is 0 Å². The molecule has 1 amide bonds. The third-order valence-corrected chi connectivity index (χ3v) is 6.15. The van der Waals surface area contributed by atoms with Crippen LogP contribution in [0.4, 0.5) is 0 Å². The van der Waals surface area contributed by atoms with Crippen molar-refractivity contribution in [2.24, 2.45) is 11.8 Å². The molecule has 1 aliphatic heterocycles. The Morgan fingerprint density at radius 2 is 1.89 bits per heavy atom. The average molecular weight is 403 g/mol. The summed E-state index contributed by atoms with van der Waals surface area (Å²) in [5.41, 5.74) is 1.01. The van der Waals surface area contributed by atoms with Gasteiger partial charge in [0.05, 0.1) is 18.4 Å². The number of carbonyl (C=O) groups is 1. The number of methoxy groups -OCH3 is 1. The number of benzene rings is 1. The number of thioether (sulfide) groups is 1. The second-order valence-electron chi connectivity index (χ2n) is 7.77. The molecule has 1 aliphatic rings. The third kappa shape index (κ3) is 4.94. The Hall–Kier alpha value is -1.86. The fourth-order valence-electron chi connectivity index (χ4n) is 3.87. The van der Waals surface area contributed by atoms with Crippen LogP contribution in [-0.4, -0.2) is 57.6 Å². The summed E-state index contributed by atoms with van der Waals surface area (Å²) in [5, 5.41) is 9.35. The predicted molar refractivity (Wildman–Crippen MR) is 112 cm³/mol. The predicted octanol–water partition coefficient (Wildman–Crippen LogP) is 3.58. The lowest BCUT2D eigenvalue weighted by atomic mass is 9.92. The van der Waals surface area contributed by atoms with Gasteiger partial charge in [-0.3, -0.25) is 9.36 Å². The molecule has 1 saturated heterocycles. The molecule has 3 rings (SSSR count). The first kappa shape index (κ1) is 20.9. The molecule has 1 aromatic carbocycles. The number of ether oxygens (including phenoxy) is 1. The van der Waals surface area contributed by atoms with Crippen molar-refractivity contribution in [1.29, 1.82) is 0 Å². The van der Waals surface area contributed by atoms with Crippen LogP contribution < -0.4 is 0 Å². The highest BCUT2D eigenvalue weighted by Crippen LogP contribution is 2.29. The maximum atomic E-state index is 13.0. The molecule has 7 heteroatoms. The molecule has 2 aromatic rings. The summed E-state index contributed by atoms with van der Waals surface area (Å²) < 4.78 is 7.32. The fraction of sp³-hybridized carbons (Fsp3) is 0.571. The van der Waals surface area contributed by atoms with Gasteiger partial charge in [0, 0.05) is 25.8 Å². The average Bonchev–Trinajstić information content (AvgIpc) is 3.08. The summed E-state index contributed by atoms with van der Waals surface area (Å²) in [5.74, 6) is 2.10. The van der Waals surface area contributed by atoms with Crippen molar-refractivity contribution < 1.29 is 9.53 Å². The number of nitrogens with zero attached hydrogens (tertiary/aromatic N) is 4. The first-order valence-corrected chi connectivity index (χ1v) is 10.8. The lowest BCUT2D eigenvalue weighted by Crippen LogP contribution is -2.45. The molecule has 1 fully saturated rings. The van der Waals surface area contributed by atoms with Gasteiger partial charge in [-0.25, -0.2) is 0 Å². The van der Waals surface area contributed by atoms with E-state index >= 15 is 0 Å². The van der Waals surface area contributed by atoms with Gasteiger partial charge in [0.15, 0.2) is 11.0 Å². The van der Waals surface area contributed by atoms with Gasteiger partial charge in [-0.2, -0.15) is 0 Å². The van der Waals surface area contributed by atoms with E-state index in [1.165, 1.54) is 18.2 Å². The van der Waals surface area contributed by atoms with E-state index in [1.807, 2.05) is 42.2 Å². The Morgan fingerprint density at radius 3 is 2.54 bits per heavy atom. The Balaban J connectivity index is 1.77. The minimum absolute atomic E-state index is 0.186. The molecule has 1 aromatic heterocycles. The molecule has 3 atom stereocenters. The summed E-state index contributed by atoms with van der Waals surface area (Å²) in [6.07, 6.45) is 1.19. The maximum absolute atomic E-state index is 13.0. The molecule has 0 spiro atoms. The molecule has 6 nitrogen and oxygen atoms in total. The van der Waals surface area contributed by atoms with Crippen molar-refractivity contribution in [3.63, 3.8) is 0 Å². The van der Waals surface area contributed by atoms with E-state index in [-0.39, 0.29) is 11.2 Å². The Kier molecular flexibility index (Phi) is 7.13. The highest BCUT2D eigenvalue weighted by molar-refractivity contribution is 8.00. The van der Waals surface area contributed by atoms with E-state index in [1.54, 1.807) is 7.11 Å². The van der Waals surface area contributed by atoms with Gasteiger partial charge in [0.1, 0.15) is 0 Å². The highest BCUT2D eigenvalue weighted by Gasteiger charge is 2.29. The standard InChI is InChI=1S/C21H30N4O2S/c1-15-12-16(2)14-24(13-15)20(26)17(3)28-21-23-22-19(25(21)10-11-27-4)18-8-6-5-7-9-18/h5-9,15-17H,10-14H2,1-4H3/t15-,16-,17+/m1/s1. The summed E-state index contributed by atoms with van der Waals surface area (Å²) >= 11 is 1.48. The van der Waals surface area contributed by atoms with Crippen LogP contribution in [-0.2, 0) is 16.1 Å². The van der Waals surface area contributed by atoms with Gasteiger partial charge in [-0.1, -0.05) is 55.9 Å². The highest BCUT2D eigenvalue weighted by atomic mass is 32.2. The first-order chi connectivity index (χ1) is 13.5. The summed E-state index contributed by atoms with van der Waals surface area (Å²) in [6.45, 7) is 9.32. The molecular formula is C21H30N4O2S. The zero-order valence-corrected chi connectivity index (χ0v) is 18.0. The fourth-order valence-corrected chi connectivity index (χ4v) is 4.83. The Labute approximate surface area is 171 Å². The van der Waals surface area contributed by atoms with Gasteiger partial charge in [0.2, 0.25) is 5.91 Å². The van der Waals surface area contributed by atoms with E-state index in [2.05, 4.69) is 28.6 Å². The van der Waals surface area contributed by atoms with Crippen LogP contribution in [0.3, 0.4) is 0 Å². The first-order valence-electron chi connectivity index (χ1n) is 9.92. The third-order valence-electron chi connectivity index (χ3n) is 5.08. The zero-order chi connectivity index (χ0) is 20.1. The summed E-state index contributed by atoms with van der Waals surface area (Å²) in [6, 6.07) is 10.0. The van der Waals surface area contributed by atoms with Crippen LogP contribution in [0.5, 0.6) is 0 Å². The van der Waals surface area contributed by atoms with E-state index in [0.717, 1.165) is 29.6 Å². The SMILES string of the molecule is COCCn1c(S[C@@H](C)C(=O)N2C[C@H](C)C[C@@H](C)C2)nnc1-c1ccccc1. The van der Waals surface area contributed by atoms with Crippen LogP contribution in [0.15, 0.2) is 35.5 Å². The quantitative estimate of drug-likeness (QED) is 0.663. The lowest BCUT2D eigenvalue weighted by molar-refractivity contribution is -0.132. The number of hydrogen-bond acceptors (Lipinski definition) is 5. The van der Waals surface area contributed by atoms with Crippen molar-refractivity contribution in [1.82, 2.24) is 19.7 Å². The number of aromatic nitrogens is 3. The molecule has 0 radical (unpaired) electrons. The Morgan fingerprint density at radius 1 is 1.21 bits per heavy atom. The van der Waals surface area contributed by atoms with E-state index in [4.69, 9.17) is 4.74 Å². The zero-order valence-electron chi connectivity index (χ0n) is 17.2. The largest absolute Gasteiger partial charge is 0.383 e. The van der Waals surface area contributed by atoms with Gasteiger partial charge in [-0.15, -0.1) is 10.2 Å². The van der Waals surface area contributed by atoms with Crippen LogP contribution >= 0.6 is 11.8 Å². The van der Waals surface area contributed by atoms with Gasteiger partial charge in [0.25, 0.3) is 0 Å². The second kappa shape index (κ2) is 9.56. The van der Waals surface area contributed by atoms with Gasteiger partial charge >= 0.3 is 0 Å². The minimum atomic E-state index is -0.202. The number of hydrogen-bond donors (Lipinski definition) is 0. The molecule has 0 N–H and O–H groups in total. The molecule has 0 unspecified atom stereocenters. The van der Waals surface area contributed by atoms with Crippen LogP contribution in [0.2, 0.25) is 0 Å². The summed E-state index contributed by atoms with van der Waals surface area (Å²) in [7, 11) is 1.68. The van der Waals surface area contributed by atoms with Crippen molar-refractivity contribution in [3.05, 3.63) is 30.3 Å². The van der Waals surface area contributed by atoms with Crippen molar-refractivity contribution in [3.8, 4) is 11.4 Å². The molecular weight excluding hydrogens is 372 g/mol. The molecule has 0 saturated carbocycles. The van der Waals surface area contributed by atoms with E-state index in [0.29, 0.717) is 25.0 Å². The normalized spacial score (nSPS) is 20.9. The number of rotatable bonds is 7. The van der Waals surface area contributed by atoms with Crippen LogP contribution in [0.1, 0.15) is 27.2 Å². The molecule has 28 heavy (non-hydrogen) atoms. The Bertz CT molecular complexity index is 770. The molecule has 2 heterocycles. The number of piperidine rings is 1. The van der Waals surface area contributed by atoms with Crippen LogP contribution in [0, 0.1) is 11.8 Å². The number of amides is 1. The minimum Gasteiger partial charge on any atom is -0.383 e. The van der Waals surface area contributed by atoms with Gasteiger partial charge in [-0.05, 0) is 25.2 Å². The van der Waals surface area contributed by atoms with Crippen molar-refractivity contribution in [2.45, 2.75) is 44.1 Å². The number of likely N-dealkylation sites (tertiary alicyclic amines) is 1. The summed E-state index contributed by atoms with van der Waals surface area (Å²) in [4.78, 5) is 15.0. The van der Waals surface area contributed by atoms with E-state index in [9.17, 15) is 4.79 Å². The molecule has 0 bridgehead atoms. The van der Waals surface area contributed by atoms with Crippen LogP contribution in [0.25, 0.3) is 11.4 Å². The topological polar surface area (TPSA) is 60.2 Å². The smallest absolute Gasteiger partial charge is 0.235 e. The molecule has 0 aliphatic carbocycles. The van der Waals surface area contributed by atoms with Gasteiger partial charge < -0.3 is 9.64 Å². The lowest BCUT2D eigenvalue weighted by Gasteiger charge is -2.36. The number of carbonyl (C=O) groups excluding carboxylic acids is 1.